The molecular weight excluding hydrogens is 380 g/mol. The summed E-state index contributed by atoms with van der Waals surface area (Å²) in [6.45, 7) is 9.15. The quantitative estimate of drug-likeness (QED) is 0.675. The van der Waals surface area contributed by atoms with E-state index in [4.69, 9.17) is 17.0 Å². The molecule has 2 aromatic carbocycles. The van der Waals surface area contributed by atoms with Gasteiger partial charge in [-0.3, -0.25) is 4.90 Å². The number of hydrogen-bond donors (Lipinski definition) is 2. The minimum atomic E-state index is 0.170. The van der Waals surface area contributed by atoms with Crippen LogP contribution in [0.3, 0.4) is 0 Å². The summed E-state index contributed by atoms with van der Waals surface area (Å²) < 4.78 is 5.50. The van der Waals surface area contributed by atoms with E-state index in [1.165, 1.54) is 5.56 Å². The molecule has 0 unspecified atom stereocenters. The molecule has 0 amide bonds. The van der Waals surface area contributed by atoms with Crippen molar-refractivity contribution in [2.45, 2.75) is 25.9 Å². The molecule has 1 aliphatic heterocycles. The van der Waals surface area contributed by atoms with Crippen molar-refractivity contribution in [3.05, 3.63) is 60.2 Å². The van der Waals surface area contributed by atoms with Gasteiger partial charge >= 0.3 is 0 Å². The average molecular weight is 413 g/mol. The van der Waals surface area contributed by atoms with E-state index in [9.17, 15) is 0 Å². The number of nitrogens with one attached hydrogen (secondary N) is 2. The fourth-order valence-corrected chi connectivity index (χ4v) is 4.12. The molecule has 1 fully saturated rings. The summed E-state index contributed by atoms with van der Waals surface area (Å²) in [5.41, 5.74) is 2.27. The highest BCUT2D eigenvalue weighted by Crippen LogP contribution is 2.26. The highest BCUT2D eigenvalue weighted by atomic mass is 32.1. The van der Waals surface area contributed by atoms with Crippen molar-refractivity contribution in [2.24, 2.45) is 0 Å². The first-order chi connectivity index (χ1) is 14.1. The van der Waals surface area contributed by atoms with E-state index < -0.39 is 0 Å². The summed E-state index contributed by atoms with van der Waals surface area (Å²) in [6, 6.07) is 19.0. The number of likely N-dealkylation sites (N-methyl/N-ethyl adjacent to an activating group) is 1. The molecule has 6 heteroatoms. The van der Waals surface area contributed by atoms with Gasteiger partial charge in [-0.15, -0.1) is 0 Å². The molecule has 3 rings (SSSR count). The van der Waals surface area contributed by atoms with Gasteiger partial charge in [-0.05, 0) is 62.9 Å². The van der Waals surface area contributed by atoms with Gasteiger partial charge in [0.2, 0.25) is 0 Å². The second-order valence-corrected chi connectivity index (χ2v) is 7.95. The van der Waals surface area contributed by atoms with E-state index in [1.54, 1.807) is 0 Å². The van der Waals surface area contributed by atoms with Gasteiger partial charge in [-0.2, -0.15) is 0 Å². The topological polar surface area (TPSA) is 39.8 Å². The van der Waals surface area contributed by atoms with Crippen molar-refractivity contribution < 1.29 is 4.74 Å². The summed E-state index contributed by atoms with van der Waals surface area (Å²) >= 11 is 5.61. The van der Waals surface area contributed by atoms with E-state index in [2.05, 4.69) is 64.7 Å². The van der Waals surface area contributed by atoms with Crippen LogP contribution in [-0.4, -0.2) is 60.8 Å². The molecule has 1 aliphatic rings. The van der Waals surface area contributed by atoms with Crippen LogP contribution in [0.4, 0.5) is 5.69 Å². The molecule has 1 saturated heterocycles. The zero-order valence-corrected chi connectivity index (χ0v) is 18.4. The van der Waals surface area contributed by atoms with Gasteiger partial charge < -0.3 is 20.3 Å². The molecule has 0 aromatic heterocycles. The Bertz CT molecular complexity index is 760. The maximum atomic E-state index is 5.61. The third-order valence-corrected chi connectivity index (χ3v) is 5.55. The molecule has 2 aromatic rings. The Hall–Kier alpha value is -2.15. The van der Waals surface area contributed by atoms with Crippen LogP contribution in [0.15, 0.2) is 54.6 Å². The molecule has 0 aliphatic carbocycles. The van der Waals surface area contributed by atoms with Gasteiger partial charge in [-0.1, -0.05) is 30.3 Å². The third-order valence-electron chi connectivity index (χ3n) is 5.33. The van der Waals surface area contributed by atoms with Crippen LogP contribution in [0.25, 0.3) is 0 Å². The number of thiocarbonyl (C=S) groups is 1. The summed E-state index contributed by atoms with van der Waals surface area (Å²) in [5, 5.41) is 7.44. The van der Waals surface area contributed by atoms with Gasteiger partial charge in [0, 0.05) is 37.9 Å². The minimum absolute atomic E-state index is 0.170. The Kier molecular flexibility index (Phi) is 7.86. The summed E-state index contributed by atoms with van der Waals surface area (Å²) in [4.78, 5) is 4.95. The van der Waals surface area contributed by atoms with Crippen LogP contribution in [0.2, 0.25) is 0 Å². The van der Waals surface area contributed by atoms with Gasteiger partial charge in [-0.25, -0.2) is 0 Å². The van der Waals surface area contributed by atoms with E-state index in [-0.39, 0.29) is 12.1 Å². The Morgan fingerprint density at radius 3 is 2.31 bits per heavy atom. The van der Waals surface area contributed by atoms with E-state index in [0.29, 0.717) is 11.7 Å². The van der Waals surface area contributed by atoms with E-state index in [0.717, 1.165) is 37.6 Å². The van der Waals surface area contributed by atoms with Gasteiger partial charge in [0.15, 0.2) is 5.11 Å². The Balaban J connectivity index is 1.65. The normalized spacial score (nSPS) is 17.3. The first kappa shape index (κ1) is 21.6. The van der Waals surface area contributed by atoms with Crippen molar-refractivity contribution >= 4 is 23.0 Å². The van der Waals surface area contributed by atoms with E-state index >= 15 is 0 Å². The molecule has 1 heterocycles. The average Bonchev–Trinajstić information content (AvgIpc) is 2.72. The lowest BCUT2D eigenvalue weighted by molar-refractivity contribution is 0.0973. The number of anilines is 1. The summed E-state index contributed by atoms with van der Waals surface area (Å²) in [7, 11) is 2.19. The Morgan fingerprint density at radius 2 is 1.69 bits per heavy atom. The maximum absolute atomic E-state index is 5.61. The lowest BCUT2D eigenvalue weighted by Crippen LogP contribution is -2.52. The van der Waals surface area contributed by atoms with Crippen LogP contribution < -0.4 is 15.4 Å². The maximum Gasteiger partial charge on any atom is 0.171 e. The Labute approximate surface area is 180 Å². The largest absolute Gasteiger partial charge is 0.494 e. The molecule has 0 bridgehead atoms. The zero-order valence-electron chi connectivity index (χ0n) is 17.6. The summed E-state index contributed by atoms with van der Waals surface area (Å²) in [6.07, 6.45) is 0. The number of nitrogens with zero attached hydrogens (tertiary/aromatic N) is 2. The molecule has 0 radical (unpaired) electrons. The second-order valence-electron chi connectivity index (χ2n) is 7.54. The highest BCUT2D eigenvalue weighted by Gasteiger charge is 2.28. The van der Waals surface area contributed by atoms with Crippen LogP contribution >= 0.6 is 12.2 Å². The number of benzene rings is 2. The van der Waals surface area contributed by atoms with E-state index in [1.807, 2.05) is 31.2 Å². The third kappa shape index (κ3) is 6.16. The SMILES string of the molecule is CCOc1ccc(NC(=S)N[C@H](C)[C@H](c2ccccc2)N2CCN(C)CC2)cc1. The van der Waals surface area contributed by atoms with Crippen LogP contribution in [0.1, 0.15) is 25.5 Å². The lowest BCUT2D eigenvalue weighted by Gasteiger charge is -2.41. The van der Waals surface area contributed by atoms with Crippen LogP contribution in [0, 0.1) is 0 Å². The smallest absolute Gasteiger partial charge is 0.171 e. The second kappa shape index (κ2) is 10.6. The van der Waals surface area contributed by atoms with Crippen LogP contribution in [0.5, 0.6) is 5.75 Å². The van der Waals surface area contributed by atoms with Crippen molar-refractivity contribution in [2.75, 3.05) is 45.2 Å². The number of piperazine rings is 1. The predicted octanol–water partition coefficient (Wildman–Crippen LogP) is 3.75. The number of rotatable bonds is 7. The fraction of sp³-hybridized carbons (Fsp3) is 0.435. The first-order valence-corrected chi connectivity index (χ1v) is 10.8. The van der Waals surface area contributed by atoms with Crippen LogP contribution in [-0.2, 0) is 0 Å². The van der Waals surface area contributed by atoms with Crippen molar-refractivity contribution in [3.8, 4) is 5.75 Å². The molecule has 156 valence electrons. The fourth-order valence-electron chi connectivity index (χ4n) is 3.82. The number of ether oxygens (including phenoxy) is 1. The van der Waals surface area contributed by atoms with Crippen molar-refractivity contribution in [3.63, 3.8) is 0 Å². The van der Waals surface area contributed by atoms with Gasteiger partial charge in [0.05, 0.1) is 12.6 Å². The molecular formula is C23H32N4OS. The number of hydrogen-bond acceptors (Lipinski definition) is 4. The molecule has 2 N–H and O–H groups in total. The molecule has 0 spiro atoms. The molecule has 5 nitrogen and oxygen atoms in total. The predicted molar refractivity (Wildman–Crippen MR) is 125 cm³/mol. The summed E-state index contributed by atoms with van der Waals surface area (Å²) in [5.74, 6) is 0.865. The molecule has 0 saturated carbocycles. The zero-order chi connectivity index (χ0) is 20.6. The Morgan fingerprint density at radius 1 is 1.03 bits per heavy atom. The van der Waals surface area contributed by atoms with Gasteiger partial charge in [0.1, 0.15) is 5.75 Å². The van der Waals surface area contributed by atoms with Gasteiger partial charge in [0.25, 0.3) is 0 Å². The highest BCUT2D eigenvalue weighted by molar-refractivity contribution is 7.80. The monoisotopic (exact) mass is 412 g/mol. The minimum Gasteiger partial charge on any atom is -0.494 e. The van der Waals surface area contributed by atoms with Crippen molar-refractivity contribution in [1.82, 2.24) is 15.1 Å². The molecule has 2 atom stereocenters. The molecule has 29 heavy (non-hydrogen) atoms. The standard InChI is InChI=1S/C23H32N4OS/c1-4-28-21-12-10-20(11-13-21)25-23(29)24-18(2)22(19-8-6-5-7-9-19)27-16-14-26(3)15-17-27/h5-13,18,22H,4,14-17H2,1-3H3,(H2,24,25,29)/t18-,22-/m1/s1. The van der Waals surface area contributed by atoms with Crippen molar-refractivity contribution in [1.29, 1.82) is 0 Å². The first-order valence-electron chi connectivity index (χ1n) is 10.3. The lowest BCUT2D eigenvalue weighted by atomic mass is 9.98.